The topological polar surface area (TPSA) is 44.8 Å². The Labute approximate surface area is 112 Å². The van der Waals surface area contributed by atoms with Gasteiger partial charge in [0.15, 0.2) is 0 Å². The van der Waals surface area contributed by atoms with E-state index in [0.29, 0.717) is 0 Å². The van der Waals surface area contributed by atoms with Crippen molar-refractivity contribution in [2.24, 2.45) is 0 Å². The van der Waals surface area contributed by atoms with Crippen LogP contribution in [0.4, 0.5) is 0 Å². The van der Waals surface area contributed by atoms with Gasteiger partial charge in [-0.3, -0.25) is 0 Å². The summed E-state index contributed by atoms with van der Waals surface area (Å²) in [5.74, 6) is 0. The fourth-order valence-electron chi connectivity index (χ4n) is 1.06. The average Bonchev–Trinajstić information content (AvgIpc) is 1.65. The quantitative estimate of drug-likeness (QED) is 0.683. The first kappa shape index (κ1) is 17.9. The summed E-state index contributed by atoms with van der Waals surface area (Å²) in [7, 11) is -5.80. The van der Waals surface area contributed by atoms with Crippen LogP contribution in [0, 0.1) is 0 Å². The molecule has 0 aliphatic carbocycles. The first-order valence-electron chi connectivity index (χ1n) is 5.84. The molecule has 0 N–H and O–H groups in total. The predicted molar refractivity (Wildman–Crippen MR) is 79.7 cm³/mol. The third kappa shape index (κ3) is 10.5. The van der Waals surface area contributed by atoms with E-state index in [0.717, 1.165) is 0 Å². The van der Waals surface area contributed by atoms with Crippen molar-refractivity contribution >= 4 is 39.5 Å². The van der Waals surface area contributed by atoms with Gasteiger partial charge in [-0.05, 0) is 0 Å². The Bertz CT molecular complexity index is 253. The summed E-state index contributed by atoms with van der Waals surface area (Å²) in [6.07, 6.45) is 0. The van der Waals surface area contributed by atoms with Gasteiger partial charge >= 0.3 is 112 Å². The molecule has 0 atom stereocenters. The van der Waals surface area contributed by atoms with Crippen LogP contribution in [0.5, 0.6) is 0 Å². The Morgan fingerprint density at radius 2 is 0.765 bits per heavy atom. The molecule has 0 aliphatic rings. The Hall–Kier alpha value is 0.889. The van der Waals surface area contributed by atoms with Crippen LogP contribution in [-0.4, -0.2) is 39.5 Å². The van der Waals surface area contributed by atoms with Gasteiger partial charge in [0.2, 0.25) is 0 Å². The Morgan fingerprint density at radius 3 is 0.882 bits per heavy atom. The van der Waals surface area contributed by atoms with Crippen LogP contribution in [-0.2, 0) is 14.0 Å². The summed E-state index contributed by atoms with van der Waals surface area (Å²) in [4.78, 5) is 0. The number of rotatable bonds is 6. The molecule has 0 amide bonds. The molecule has 0 aromatic carbocycles. The first-order valence-corrected chi connectivity index (χ1v) is 19.1. The predicted octanol–water partition coefficient (Wildman–Crippen LogP) is 3.41. The van der Waals surface area contributed by atoms with Gasteiger partial charge < -0.3 is 0 Å². The molecule has 0 radical (unpaired) electrons. The maximum atomic E-state index is 12.8. The monoisotopic (exact) mass is 358 g/mol. The third-order valence-corrected chi connectivity index (χ3v) is 18.0. The molecule has 8 heteroatoms. The molecule has 104 valence electrons. The van der Waals surface area contributed by atoms with Crippen LogP contribution >= 0.6 is 0 Å². The van der Waals surface area contributed by atoms with Crippen molar-refractivity contribution in [1.82, 2.24) is 0 Å². The van der Waals surface area contributed by atoms with Crippen LogP contribution in [0.25, 0.3) is 0 Å². The zero-order valence-corrected chi connectivity index (χ0v) is 17.5. The molecule has 0 unspecified atom stereocenters. The average molecular weight is 358 g/mol. The van der Waals surface area contributed by atoms with Gasteiger partial charge in [0.05, 0.1) is 0 Å². The van der Waals surface area contributed by atoms with Crippen molar-refractivity contribution in [3.63, 3.8) is 0 Å². The summed E-state index contributed by atoms with van der Waals surface area (Å²) in [6, 6.07) is 0. The SMILES string of the molecule is C[Si](C)(C)O[As](=O)(O[Si](C)(C)C)O[Si](C)(C)C. The van der Waals surface area contributed by atoms with Crippen LogP contribution in [0.15, 0.2) is 0 Å². The summed E-state index contributed by atoms with van der Waals surface area (Å²) >= 11 is -4.10. The number of hydrogen-bond acceptors (Lipinski definition) is 4. The van der Waals surface area contributed by atoms with E-state index in [9.17, 15) is 3.74 Å². The summed E-state index contributed by atoms with van der Waals surface area (Å²) in [5.41, 5.74) is 0. The molecule has 0 aliphatic heterocycles. The Balaban J connectivity index is 5.03. The zero-order chi connectivity index (χ0) is 14.1. The van der Waals surface area contributed by atoms with Gasteiger partial charge in [-0.15, -0.1) is 0 Å². The van der Waals surface area contributed by atoms with Crippen LogP contribution in [0.3, 0.4) is 0 Å². The molecular weight excluding hydrogens is 331 g/mol. The molecule has 0 saturated heterocycles. The Morgan fingerprint density at radius 1 is 0.588 bits per heavy atom. The molecule has 4 nitrogen and oxygen atoms in total. The molecule has 17 heavy (non-hydrogen) atoms. The van der Waals surface area contributed by atoms with Gasteiger partial charge in [-0.1, -0.05) is 0 Å². The van der Waals surface area contributed by atoms with Gasteiger partial charge in [0.1, 0.15) is 0 Å². The first-order chi connectivity index (χ1) is 7.12. The molecule has 0 spiro atoms. The van der Waals surface area contributed by atoms with E-state index in [2.05, 4.69) is 0 Å². The summed E-state index contributed by atoms with van der Waals surface area (Å²) < 4.78 is 30.0. The van der Waals surface area contributed by atoms with Gasteiger partial charge in [0.25, 0.3) is 0 Å². The zero-order valence-electron chi connectivity index (χ0n) is 12.6. The van der Waals surface area contributed by atoms with E-state index >= 15 is 0 Å². The third-order valence-electron chi connectivity index (χ3n) is 1.16. The van der Waals surface area contributed by atoms with Crippen LogP contribution < -0.4 is 0 Å². The van der Waals surface area contributed by atoms with Crippen molar-refractivity contribution in [3.05, 3.63) is 0 Å². The van der Waals surface area contributed by atoms with Crippen molar-refractivity contribution in [2.75, 3.05) is 0 Å². The van der Waals surface area contributed by atoms with E-state index in [1.807, 2.05) is 58.9 Å². The minimum absolute atomic E-state index is 1.93. The second-order valence-corrected chi connectivity index (χ2v) is 25.6. The molecule has 0 aromatic heterocycles. The molecule has 0 saturated carbocycles. The van der Waals surface area contributed by atoms with Crippen molar-refractivity contribution in [3.8, 4) is 0 Å². The fraction of sp³-hybridized carbons (Fsp3) is 1.00. The van der Waals surface area contributed by atoms with Crippen molar-refractivity contribution in [2.45, 2.75) is 58.9 Å². The summed E-state index contributed by atoms with van der Waals surface area (Å²) in [6.45, 7) is 18.0. The van der Waals surface area contributed by atoms with Gasteiger partial charge in [-0.2, -0.15) is 0 Å². The van der Waals surface area contributed by atoms with Crippen LogP contribution in [0.1, 0.15) is 0 Å². The van der Waals surface area contributed by atoms with Crippen molar-refractivity contribution < 1.29 is 14.0 Å². The molecule has 0 heterocycles. The van der Waals surface area contributed by atoms with Gasteiger partial charge in [-0.25, -0.2) is 0 Å². The second-order valence-electron chi connectivity index (χ2n) is 7.06. The fourth-order valence-corrected chi connectivity index (χ4v) is 18.3. The van der Waals surface area contributed by atoms with Crippen LogP contribution in [0.2, 0.25) is 58.9 Å². The van der Waals surface area contributed by atoms with E-state index in [1.54, 1.807) is 0 Å². The van der Waals surface area contributed by atoms with E-state index in [1.165, 1.54) is 0 Å². The normalized spacial score (nSPS) is 15.1. The van der Waals surface area contributed by atoms with Crippen molar-refractivity contribution in [1.29, 1.82) is 0 Å². The molecule has 0 aromatic rings. The second kappa shape index (κ2) is 5.48. The van der Waals surface area contributed by atoms with E-state index in [-0.39, 0.29) is 0 Å². The van der Waals surface area contributed by atoms with E-state index < -0.39 is 39.5 Å². The molecular formula is C9H27AsO4Si3. The molecule has 0 fully saturated rings. The standard InChI is InChI=1S/C9H27AsO4Si3/c1-15(2,3)12-10(11,13-16(4,5)6)14-17(7,8)9/h1-9H3. The molecule has 0 rings (SSSR count). The summed E-state index contributed by atoms with van der Waals surface area (Å²) in [5, 5.41) is 0. The maximum absolute atomic E-state index is 12.8. The Kier molecular flexibility index (Phi) is 5.77. The van der Waals surface area contributed by atoms with Gasteiger partial charge in [0, 0.05) is 0 Å². The number of hydrogen-bond donors (Lipinski definition) is 0. The minimum atomic E-state index is -4.10. The van der Waals surface area contributed by atoms with E-state index in [4.69, 9.17) is 10.2 Å². The molecule has 0 bridgehead atoms.